The maximum Gasteiger partial charge on any atom is 0.335 e. The molecule has 0 unspecified atom stereocenters. The van der Waals surface area contributed by atoms with Gasteiger partial charge in [-0.05, 0) is 37.1 Å². The van der Waals surface area contributed by atoms with Crippen LogP contribution in [0.15, 0.2) is 24.3 Å². The van der Waals surface area contributed by atoms with Gasteiger partial charge in [-0.3, -0.25) is 0 Å². The molecule has 104 valence electrons. The van der Waals surface area contributed by atoms with Crippen molar-refractivity contribution in [1.29, 1.82) is 0 Å². The van der Waals surface area contributed by atoms with E-state index in [4.69, 9.17) is 5.11 Å². The topological polar surface area (TPSA) is 69.6 Å². The number of carbonyl (C=O) groups is 2. The Morgan fingerprint density at radius 2 is 1.84 bits per heavy atom. The van der Waals surface area contributed by atoms with Crippen molar-refractivity contribution in [1.82, 2.24) is 4.90 Å². The number of hydrogen-bond donors (Lipinski definition) is 2. The summed E-state index contributed by atoms with van der Waals surface area (Å²) < 4.78 is 0. The summed E-state index contributed by atoms with van der Waals surface area (Å²) in [5.74, 6) is -0.576. The molecule has 0 saturated carbocycles. The molecule has 0 bridgehead atoms. The number of carbonyl (C=O) groups excluding carboxylic acids is 1. The summed E-state index contributed by atoms with van der Waals surface area (Å²) in [6.07, 6.45) is 0. The lowest BCUT2D eigenvalue weighted by atomic mass is 10.2. The number of benzene rings is 1. The average Bonchev–Trinajstić information content (AvgIpc) is 2.36. The molecule has 2 amide bonds. The smallest absolute Gasteiger partial charge is 0.335 e. The summed E-state index contributed by atoms with van der Waals surface area (Å²) >= 11 is 0. The fourth-order valence-electron chi connectivity index (χ4n) is 1.70. The number of urea groups is 1. The molecule has 5 heteroatoms. The van der Waals surface area contributed by atoms with Crippen LogP contribution in [0.2, 0.25) is 0 Å². The van der Waals surface area contributed by atoms with Gasteiger partial charge in [0, 0.05) is 18.8 Å². The summed E-state index contributed by atoms with van der Waals surface area (Å²) in [6, 6.07) is 5.95. The van der Waals surface area contributed by atoms with E-state index < -0.39 is 5.97 Å². The van der Waals surface area contributed by atoms with Gasteiger partial charge in [-0.1, -0.05) is 13.8 Å². The normalized spacial score (nSPS) is 10.3. The number of carboxylic acids is 1. The maximum absolute atomic E-state index is 12.0. The van der Waals surface area contributed by atoms with E-state index in [1.54, 1.807) is 17.0 Å². The van der Waals surface area contributed by atoms with Crippen LogP contribution < -0.4 is 5.32 Å². The number of rotatable bonds is 5. The SMILES string of the molecule is CCN(CC(C)C)C(=O)Nc1ccc(C(=O)O)cc1. The van der Waals surface area contributed by atoms with Crippen LogP contribution >= 0.6 is 0 Å². The van der Waals surface area contributed by atoms with Gasteiger partial charge in [0.05, 0.1) is 5.56 Å². The van der Waals surface area contributed by atoms with Gasteiger partial charge in [0.15, 0.2) is 0 Å². The molecule has 0 aliphatic heterocycles. The molecule has 0 saturated heterocycles. The first kappa shape index (κ1) is 15.0. The third kappa shape index (κ3) is 4.62. The molecule has 0 aromatic heterocycles. The first-order valence-corrected chi connectivity index (χ1v) is 6.33. The molecule has 0 spiro atoms. The molecule has 1 aromatic rings. The zero-order chi connectivity index (χ0) is 14.4. The Bertz CT molecular complexity index is 441. The van der Waals surface area contributed by atoms with E-state index in [1.165, 1.54) is 12.1 Å². The van der Waals surface area contributed by atoms with Gasteiger partial charge >= 0.3 is 12.0 Å². The third-order valence-corrected chi connectivity index (χ3v) is 2.64. The second-order valence-corrected chi connectivity index (χ2v) is 4.75. The van der Waals surface area contributed by atoms with Gasteiger partial charge < -0.3 is 15.3 Å². The fourth-order valence-corrected chi connectivity index (χ4v) is 1.70. The van der Waals surface area contributed by atoms with Crippen LogP contribution in [0.1, 0.15) is 31.1 Å². The summed E-state index contributed by atoms with van der Waals surface area (Å²) in [4.78, 5) is 24.4. The van der Waals surface area contributed by atoms with Crippen LogP contribution in [-0.4, -0.2) is 35.1 Å². The summed E-state index contributed by atoms with van der Waals surface area (Å²) in [5.41, 5.74) is 0.796. The Balaban J connectivity index is 2.67. The predicted octanol–water partition coefficient (Wildman–Crippen LogP) is 2.89. The number of nitrogens with zero attached hydrogens (tertiary/aromatic N) is 1. The van der Waals surface area contributed by atoms with Crippen molar-refractivity contribution in [2.75, 3.05) is 18.4 Å². The van der Waals surface area contributed by atoms with Crippen LogP contribution in [0.5, 0.6) is 0 Å². The molecule has 5 nitrogen and oxygen atoms in total. The predicted molar refractivity (Wildman–Crippen MR) is 74.5 cm³/mol. The van der Waals surface area contributed by atoms with E-state index in [1.807, 2.05) is 6.92 Å². The van der Waals surface area contributed by atoms with Crippen molar-refractivity contribution in [2.45, 2.75) is 20.8 Å². The molecule has 0 aliphatic rings. The minimum absolute atomic E-state index is 0.167. The molecule has 2 N–H and O–H groups in total. The third-order valence-electron chi connectivity index (χ3n) is 2.64. The van der Waals surface area contributed by atoms with E-state index in [0.717, 1.165) is 0 Å². The monoisotopic (exact) mass is 264 g/mol. The highest BCUT2D eigenvalue weighted by molar-refractivity contribution is 5.91. The first-order chi connectivity index (χ1) is 8.93. The number of carboxylic acid groups (broad SMARTS) is 1. The van der Waals surface area contributed by atoms with E-state index in [2.05, 4.69) is 19.2 Å². The van der Waals surface area contributed by atoms with Crippen molar-refractivity contribution >= 4 is 17.7 Å². The van der Waals surface area contributed by atoms with Crippen molar-refractivity contribution in [2.24, 2.45) is 5.92 Å². The van der Waals surface area contributed by atoms with E-state index in [-0.39, 0.29) is 11.6 Å². The quantitative estimate of drug-likeness (QED) is 0.859. The Morgan fingerprint density at radius 3 is 2.26 bits per heavy atom. The fraction of sp³-hybridized carbons (Fsp3) is 0.429. The zero-order valence-electron chi connectivity index (χ0n) is 11.5. The van der Waals surface area contributed by atoms with Gasteiger partial charge in [-0.25, -0.2) is 9.59 Å². The molecular formula is C14H20N2O3. The summed E-state index contributed by atoms with van der Waals surface area (Å²) in [6.45, 7) is 7.36. The van der Waals surface area contributed by atoms with Gasteiger partial charge in [0.25, 0.3) is 0 Å². The van der Waals surface area contributed by atoms with Crippen LogP contribution in [0, 0.1) is 5.92 Å². The second kappa shape index (κ2) is 6.78. The molecule has 0 aliphatic carbocycles. The number of hydrogen-bond acceptors (Lipinski definition) is 2. The van der Waals surface area contributed by atoms with Gasteiger partial charge in [0.2, 0.25) is 0 Å². The van der Waals surface area contributed by atoms with Crippen molar-refractivity contribution in [3.05, 3.63) is 29.8 Å². The molecule has 0 heterocycles. The Hall–Kier alpha value is -2.04. The number of aromatic carboxylic acids is 1. The van der Waals surface area contributed by atoms with E-state index >= 15 is 0 Å². The highest BCUT2D eigenvalue weighted by atomic mass is 16.4. The van der Waals surface area contributed by atoms with Crippen LogP contribution in [0.4, 0.5) is 10.5 Å². The lowest BCUT2D eigenvalue weighted by Crippen LogP contribution is -2.37. The molecule has 0 fully saturated rings. The number of amides is 2. The maximum atomic E-state index is 12.0. The standard InChI is InChI=1S/C14H20N2O3/c1-4-16(9-10(2)3)14(19)15-12-7-5-11(6-8-12)13(17)18/h5-8,10H,4,9H2,1-3H3,(H,15,19)(H,17,18). The van der Waals surface area contributed by atoms with Crippen molar-refractivity contribution < 1.29 is 14.7 Å². The van der Waals surface area contributed by atoms with Gasteiger partial charge in [-0.15, -0.1) is 0 Å². The number of nitrogens with one attached hydrogen (secondary N) is 1. The summed E-state index contributed by atoms with van der Waals surface area (Å²) in [5, 5.41) is 11.5. The van der Waals surface area contributed by atoms with Crippen LogP contribution in [0.25, 0.3) is 0 Å². The highest BCUT2D eigenvalue weighted by Gasteiger charge is 2.13. The molecule has 19 heavy (non-hydrogen) atoms. The highest BCUT2D eigenvalue weighted by Crippen LogP contribution is 2.11. The van der Waals surface area contributed by atoms with Gasteiger partial charge in [0.1, 0.15) is 0 Å². The average molecular weight is 264 g/mol. The van der Waals surface area contributed by atoms with Crippen LogP contribution in [-0.2, 0) is 0 Å². The molecule has 1 aromatic carbocycles. The Labute approximate surface area is 113 Å². The lowest BCUT2D eigenvalue weighted by molar-refractivity contribution is 0.0697. The van der Waals surface area contributed by atoms with Crippen molar-refractivity contribution in [3.8, 4) is 0 Å². The summed E-state index contributed by atoms with van der Waals surface area (Å²) in [7, 11) is 0. The van der Waals surface area contributed by atoms with Gasteiger partial charge in [-0.2, -0.15) is 0 Å². The first-order valence-electron chi connectivity index (χ1n) is 6.33. The minimum Gasteiger partial charge on any atom is -0.478 e. The molecule has 0 atom stereocenters. The Kier molecular flexibility index (Phi) is 5.36. The molecular weight excluding hydrogens is 244 g/mol. The number of anilines is 1. The van der Waals surface area contributed by atoms with E-state index in [0.29, 0.717) is 24.7 Å². The van der Waals surface area contributed by atoms with E-state index in [9.17, 15) is 9.59 Å². The molecule has 1 rings (SSSR count). The minimum atomic E-state index is -0.979. The largest absolute Gasteiger partial charge is 0.478 e. The van der Waals surface area contributed by atoms with Crippen LogP contribution in [0.3, 0.4) is 0 Å². The zero-order valence-corrected chi connectivity index (χ0v) is 11.5. The Morgan fingerprint density at radius 1 is 1.26 bits per heavy atom. The van der Waals surface area contributed by atoms with Crippen molar-refractivity contribution in [3.63, 3.8) is 0 Å². The lowest BCUT2D eigenvalue weighted by Gasteiger charge is -2.23. The second-order valence-electron chi connectivity index (χ2n) is 4.75. The molecule has 0 radical (unpaired) electrons.